The summed E-state index contributed by atoms with van der Waals surface area (Å²) in [5.41, 5.74) is 1.38. The van der Waals surface area contributed by atoms with Crippen molar-refractivity contribution >= 4 is 15.9 Å². The Balaban J connectivity index is 2.69. The van der Waals surface area contributed by atoms with Crippen LogP contribution in [0.25, 0.3) is 0 Å². The molecule has 0 fully saturated rings. The van der Waals surface area contributed by atoms with E-state index in [0.717, 1.165) is 23.4 Å². The van der Waals surface area contributed by atoms with Gasteiger partial charge in [0.15, 0.2) is 0 Å². The molecule has 2 unspecified atom stereocenters. The van der Waals surface area contributed by atoms with Crippen molar-refractivity contribution < 1.29 is 0 Å². The van der Waals surface area contributed by atoms with Gasteiger partial charge < -0.3 is 10.2 Å². The standard InChI is InChI=1S/C18H31BrN2/c1-6-14(7-2)18(21(4)5)13-20-17(8-3)15-9-11-16(19)12-10-15/h9-12,14,17-18,20H,6-8,13H2,1-5H3. The van der Waals surface area contributed by atoms with Crippen molar-refractivity contribution in [3.63, 3.8) is 0 Å². The summed E-state index contributed by atoms with van der Waals surface area (Å²) in [4.78, 5) is 2.37. The van der Waals surface area contributed by atoms with E-state index in [9.17, 15) is 0 Å². The van der Waals surface area contributed by atoms with E-state index in [2.05, 4.69) is 85.3 Å². The molecule has 1 rings (SSSR count). The Morgan fingerprint density at radius 3 is 2.00 bits per heavy atom. The Labute approximate surface area is 139 Å². The summed E-state index contributed by atoms with van der Waals surface area (Å²) in [6.07, 6.45) is 3.61. The van der Waals surface area contributed by atoms with Gasteiger partial charge in [0.1, 0.15) is 0 Å². The fraction of sp³-hybridized carbons (Fsp3) is 0.667. The maximum atomic E-state index is 3.78. The van der Waals surface area contributed by atoms with Gasteiger partial charge in [-0.2, -0.15) is 0 Å². The number of benzene rings is 1. The smallest absolute Gasteiger partial charge is 0.0318 e. The van der Waals surface area contributed by atoms with Crippen LogP contribution < -0.4 is 5.32 Å². The Morgan fingerprint density at radius 2 is 1.57 bits per heavy atom. The molecule has 0 radical (unpaired) electrons. The van der Waals surface area contributed by atoms with Gasteiger partial charge in [0, 0.05) is 23.1 Å². The first-order chi connectivity index (χ1) is 10.0. The summed E-state index contributed by atoms with van der Waals surface area (Å²) >= 11 is 3.51. The Bertz CT molecular complexity index is 385. The number of nitrogens with zero attached hydrogens (tertiary/aromatic N) is 1. The van der Waals surface area contributed by atoms with Gasteiger partial charge in [-0.05, 0) is 44.1 Å². The first-order valence-electron chi connectivity index (χ1n) is 8.18. The Morgan fingerprint density at radius 1 is 1.00 bits per heavy atom. The lowest BCUT2D eigenvalue weighted by Gasteiger charge is -2.33. The lowest BCUT2D eigenvalue weighted by Crippen LogP contribution is -2.43. The number of hydrogen-bond donors (Lipinski definition) is 1. The highest BCUT2D eigenvalue weighted by Crippen LogP contribution is 2.21. The third kappa shape index (κ3) is 5.72. The molecule has 0 bridgehead atoms. The molecule has 3 heteroatoms. The summed E-state index contributed by atoms with van der Waals surface area (Å²) < 4.78 is 1.14. The van der Waals surface area contributed by atoms with Gasteiger partial charge in [-0.1, -0.05) is 61.7 Å². The molecule has 0 aliphatic carbocycles. The van der Waals surface area contributed by atoms with Gasteiger partial charge in [0.05, 0.1) is 0 Å². The van der Waals surface area contributed by atoms with Crippen molar-refractivity contribution in [3.05, 3.63) is 34.3 Å². The molecule has 0 aliphatic rings. The van der Waals surface area contributed by atoms with Crippen molar-refractivity contribution in [2.24, 2.45) is 5.92 Å². The quantitative estimate of drug-likeness (QED) is 0.681. The highest BCUT2D eigenvalue weighted by Gasteiger charge is 2.21. The highest BCUT2D eigenvalue weighted by molar-refractivity contribution is 9.10. The monoisotopic (exact) mass is 354 g/mol. The van der Waals surface area contributed by atoms with Crippen LogP contribution in [0.4, 0.5) is 0 Å². The summed E-state index contributed by atoms with van der Waals surface area (Å²) in [7, 11) is 4.40. The molecule has 1 aromatic rings. The average molecular weight is 355 g/mol. The average Bonchev–Trinajstić information content (AvgIpc) is 2.48. The number of likely N-dealkylation sites (N-methyl/N-ethyl adjacent to an activating group) is 1. The zero-order chi connectivity index (χ0) is 15.8. The summed E-state index contributed by atoms with van der Waals surface area (Å²) in [5.74, 6) is 0.759. The fourth-order valence-electron chi connectivity index (χ4n) is 3.06. The third-order valence-electron chi connectivity index (χ3n) is 4.51. The minimum absolute atomic E-state index is 0.440. The number of halogens is 1. The van der Waals surface area contributed by atoms with Crippen LogP contribution in [0.3, 0.4) is 0 Å². The molecular weight excluding hydrogens is 324 g/mol. The van der Waals surface area contributed by atoms with Crippen LogP contribution in [-0.4, -0.2) is 31.6 Å². The van der Waals surface area contributed by atoms with E-state index in [-0.39, 0.29) is 0 Å². The minimum Gasteiger partial charge on any atom is -0.308 e. The molecular formula is C18H31BrN2. The first kappa shape index (κ1) is 18.7. The molecule has 0 amide bonds. The van der Waals surface area contributed by atoms with Crippen LogP contribution in [0.2, 0.25) is 0 Å². The molecule has 21 heavy (non-hydrogen) atoms. The molecule has 2 nitrogen and oxygen atoms in total. The van der Waals surface area contributed by atoms with E-state index in [4.69, 9.17) is 0 Å². The minimum atomic E-state index is 0.440. The number of nitrogens with one attached hydrogen (secondary N) is 1. The van der Waals surface area contributed by atoms with E-state index < -0.39 is 0 Å². The fourth-order valence-corrected chi connectivity index (χ4v) is 3.32. The van der Waals surface area contributed by atoms with E-state index in [0.29, 0.717) is 12.1 Å². The van der Waals surface area contributed by atoms with Gasteiger partial charge in [-0.15, -0.1) is 0 Å². The molecule has 0 aromatic heterocycles. The summed E-state index contributed by atoms with van der Waals surface area (Å²) in [6, 6.07) is 9.73. The van der Waals surface area contributed by atoms with Crippen LogP contribution in [0.15, 0.2) is 28.7 Å². The second-order valence-electron chi connectivity index (χ2n) is 6.03. The van der Waals surface area contributed by atoms with Gasteiger partial charge in [0.25, 0.3) is 0 Å². The maximum absolute atomic E-state index is 3.78. The SMILES string of the molecule is CCC(NCC(C(CC)CC)N(C)C)c1ccc(Br)cc1. The van der Waals surface area contributed by atoms with E-state index in [1.165, 1.54) is 18.4 Å². The van der Waals surface area contributed by atoms with Crippen LogP contribution >= 0.6 is 15.9 Å². The van der Waals surface area contributed by atoms with Crippen molar-refractivity contribution in [2.45, 2.75) is 52.1 Å². The highest BCUT2D eigenvalue weighted by atomic mass is 79.9. The molecule has 1 N–H and O–H groups in total. The molecule has 1 aromatic carbocycles. The van der Waals surface area contributed by atoms with Gasteiger partial charge >= 0.3 is 0 Å². The Hall–Kier alpha value is -0.380. The number of rotatable bonds is 9. The molecule has 0 aliphatic heterocycles. The van der Waals surface area contributed by atoms with Crippen LogP contribution in [0.5, 0.6) is 0 Å². The van der Waals surface area contributed by atoms with Crippen LogP contribution in [0.1, 0.15) is 51.6 Å². The van der Waals surface area contributed by atoms with Crippen molar-refractivity contribution in [2.75, 3.05) is 20.6 Å². The summed E-state index contributed by atoms with van der Waals surface area (Å²) in [5, 5.41) is 3.78. The summed E-state index contributed by atoms with van der Waals surface area (Å²) in [6.45, 7) is 7.91. The topological polar surface area (TPSA) is 15.3 Å². The van der Waals surface area contributed by atoms with Gasteiger partial charge in [-0.25, -0.2) is 0 Å². The van der Waals surface area contributed by atoms with Gasteiger partial charge in [-0.3, -0.25) is 0 Å². The molecule has 0 heterocycles. The molecule has 0 spiro atoms. The molecule has 0 saturated carbocycles. The first-order valence-corrected chi connectivity index (χ1v) is 8.97. The maximum Gasteiger partial charge on any atom is 0.0318 e. The predicted octanol–water partition coefficient (Wildman–Crippen LogP) is 4.86. The second-order valence-corrected chi connectivity index (χ2v) is 6.94. The van der Waals surface area contributed by atoms with Crippen molar-refractivity contribution in [1.82, 2.24) is 10.2 Å². The predicted molar refractivity (Wildman–Crippen MR) is 96.7 cm³/mol. The van der Waals surface area contributed by atoms with Crippen molar-refractivity contribution in [1.29, 1.82) is 0 Å². The van der Waals surface area contributed by atoms with Crippen LogP contribution in [-0.2, 0) is 0 Å². The van der Waals surface area contributed by atoms with Crippen LogP contribution in [0, 0.1) is 5.92 Å². The van der Waals surface area contributed by atoms with E-state index in [1.807, 2.05) is 0 Å². The van der Waals surface area contributed by atoms with E-state index >= 15 is 0 Å². The zero-order valence-corrected chi connectivity index (χ0v) is 15.8. The molecule has 120 valence electrons. The lowest BCUT2D eigenvalue weighted by atomic mass is 9.92. The zero-order valence-electron chi connectivity index (χ0n) is 14.2. The van der Waals surface area contributed by atoms with E-state index in [1.54, 1.807) is 0 Å². The largest absolute Gasteiger partial charge is 0.308 e. The van der Waals surface area contributed by atoms with Crippen molar-refractivity contribution in [3.8, 4) is 0 Å². The lowest BCUT2D eigenvalue weighted by molar-refractivity contribution is 0.189. The molecule has 0 saturated heterocycles. The molecule has 2 atom stereocenters. The number of hydrogen-bond acceptors (Lipinski definition) is 2. The second kappa shape index (κ2) is 9.60. The third-order valence-corrected chi connectivity index (χ3v) is 5.04. The van der Waals surface area contributed by atoms with Gasteiger partial charge in [0.2, 0.25) is 0 Å². The normalized spacial score (nSPS) is 14.7. The Kier molecular flexibility index (Phi) is 8.53.